The molecule has 0 radical (unpaired) electrons. The van der Waals surface area contributed by atoms with Crippen LogP contribution < -0.4 is 9.47 Å². The van der Waals surface area contributed by atoms with E-state index in [4.69, 9.17) is 14.2 Å². The summed E-state index contributed by atoms with van der Waals surface area (Å²) in [7, 11) is 0. The number of benzene rings is 4. The first-order valence-electron chi connectivity index (χ1n) is 21.6. The molecule has 0 amide bonds. The molecule has 2 aliphatic rings. The van der Waals surface area contributed by atoms with Gasteiger partial charge in [-0.25, -0.2) is 27.2 Å². The Bertz CT molecular complexity index is 3000. The Labute approximate surface area is 393 Å². The van der Waals surface area contributed by atoms with Crippen molar-refractivity contribution < 1.29 is 72.8 Å². The second kappa shape index (κ2) is 21.4. The first-order chi connectivity index (χ1) is 33.3. The molecule has 364 valence electrons. The average Bonchev–Trinajstić information content (AvgIpc) is 4.02. The highest BCUT2D eigenvalue weighted by atomic mass is 19.4. The molecule has 0 aliphatic heterocycles. The van der Waals surface area contributed by atoms with Crippen molar-refractivity contribution in [1.82, 2.24) is 9.97 Å². The molecule has 0 atom stereocenters. The van der Waals surface area contributed by atoms with E-state index in [-0.39, 0.29) is 64.7 Å². The topological polar surface area (TPSA) is 108 Å². The molecule has 8 nitrogen and oxygen atoms in total. The Morgan fingerprint density at radius 3 is 1.40 bits per heavy atom. The van der Waals surface area contributed by atoms with E-state index in [9.17, 15) is 58.6 Å². The molecule has 1 N–H and O–H groups in total. The average molecular weight is 979 g/mol. The number of hydrogen-bond acceptors (Lipinski definition) is 7. The fraction of sp³-hybridized carbons (Fsp3) is 0.231. The zero-order valence-electron chi connectivity index (χ0n) is 36.9. The number of hydrogen-bond donors (Lipinski definition) is 1. The highest BCUT2D eigenvalue weighted by Crippen LogP contribution is 2.46. The normalized spacial score (nSPS) is 13.8. The van der Waals surface area contributed by atoms with Crippen molar-refractivity contribution in [3.8, 4) is 11.5 Å². The van der Waals surface area contributed by atoms with E-state index in [0.717, 1.165) is 42.0 Å². The van der Waals surface area contributed by atoms with Crippen LogP contribution in [-0.2, 0) is 30.3 Å². The summed E-state index contributed by atoms with van der Waals surface area (Å²) in [5.74, 6) is -4.61. The smallest absolute Gasteiger partial charge is 0.416 e. The SMILES string of the molecule is CCOC(=O)c1cncc(C2=C(c3cc(C(F)(F)F)ccc3OCc3ccc(F)cc3F)CCC2)c1.O=C(O)c1cncc(C2=C(c3cc(C(F)(F)F)ccc3OCc3ccc(F)cc3F)CCC2)c1. The lowest BCUT2D eigenvalue weighted by Gasteiger charge is -2.17. The van der Waals surface area contributed by atoms with Gasteiger partial charge in [-0.1, -0.05) is 0 Å². The molecule has 0 bridgehead atoms. The van der Waals surface area contributed by atoms with E-state index >= 15 is 0 Å². The van der Waals surface area contributed by atoms with Crippen LogP contribution in [0.1, 0.15) is 111 Å². The lowest BCUT2D eigenvalue weighted by atomic mass is 9.95. The molecule has 0 unspecified atom stereocenters. The number of alkyl halides is 6. The molecule has 70 heavy (non-hydrogen) atoms. The summed E-state index contributed by atoms with van der Waals surface area (Å²) in [6.07, 6.45) is -0.294. The van der Waals surface area contributed by atoms with Gasteiger partial charge in [0, 0.05) is 59.2 Å². The van der Waals surface area contributed by atoms with Gasteiger partial charge < -0.3 is 19.3 Å². The third kappa shape index (κ3) is 12.0. The Hall–Kier alpha value is -7.50. The maximum absolute atomic E-state index is 14.1. The van der Waals surface area contributed by atoms with Crippen LogP contribution >= 0.6 is 0 Å². The first-order valence-corrected chi connectivity index (χ1v) is 21.6. The molecule has 8 rings (SSSR count). The van der Waals surface area contributed by atoms with E-state index in [1.54, 1.807) is 19.2 Å². The fourth-order valence-electron chi connectivity index (χ4n) is 8.10. The van der Waals surface area contributed by atoms with Gasteiger partial charge in [0.25, 0.3) is 0 Å². The van der Waals surface area contributed by atoms with Crippen LogP contribution in [0.5, 0.6) is 11.5 Å². The molecule has 4 aromatic carbocycles. The minimum Gasteiger partial charge on any atom is -0.488 e. The zero-order valence-corrected chi connectivity index (χ0v) is 36.9. The highest BCUT2D eigenvalue weighted by molar-refractivity contribution is 5.97. The molecule has 2 heterocycles. The Kier molecular flexibility index (Phi) is 15.4. The quantitative estimate of drug-likeness (QED) is 0.0901. The number of halogens is 10. The summed E-state index contributed by atoms with van der Waals surface area (Å²) >= 11 is 0. The summed E-state index contributed by atoms with van der Waals surface area (Å²) in [5.41, 5.74) is 2.70. The number of ether oxygens (including phenoxy) is 3. The number of carboxylic acids is 1. The van der Waals surface area contributed by atoms with Crippen molar-refractivity contribution in [3.05, 3.63) is 189 Å². The number of carboxylic acid groups (broad SMARTS) is 1. The summed E-state index contributed by atoms with van der Waals surface area (Å²) in [5, 5.41) is 9.27. The second-order valence-electron chi connectivity index (χ2n) is 16.0. The number of carbonyl (C=O) groups excluding carboxylic acids is 1. The van der Waals surface area contributed by atoms with Crippen molar-refractivity contribution >= 4 is 34.2 Å². The van der Waals surface area contributed by atoms with E-state index in [2.05, 4.69) is 9.97 Å². The van der Waals surface area contributed by atoms with Crippen molar-refractivity contribution in [2.45, 2.75) is 71.0 Å². The van der Waals surface area contributed by atoms with Crippen molar-refractivity contribution in [2.75, 3.05) is 6.61 Å². The van der Waals surface area contributed by atoms with Crippen LogP contribution in [0.4, 0.5) is 43.9 Å². The van der Waals surface area contributed by atoms with Gasteiger partial charge in [0.05, 0.1) is 28.9 Å². The largest absolute Gasteiger partial charge is 0.488 e. The van der Waals surface area contributed by atoms with Gasteiger partial charge in [-0.3, -0.25) is 9.97 Å². The van der Waals surface area contributed by atoms with Crippen molar-refractivity contribution in [2.24, 2.45) is 0 Å². The number of nitrogens with zero attached hydrogens (tertiary/aromatic N) is 2. The second-order valence-corrected chi connectivity index (χ2v) is 16.0. The molecule has 0 fully saturated rings. The summed E-state index contributed by atoms with van der Waals surface area (Å²) in [6, 6.07) is 15.2. The van der Waals surface area contributed by atoms with E-state index in [1.807, 2.05) is 0 Å². The highest BCUT2D eigenvalue weighted by Gasteiger charge is 2.34. The van der Waals surface area contributed by atoms with Gasteiger partial charge in [-0.2, -0.15) is 26.3 Å². The minimum absolute atomic E-state index is 0.0384. The lowest BCUT2D eigenvalue weighted by Crippen LogP contribution is -2.07. The monoisotopic (exact) mass is 978 g/mol. The standard InChI is InChI=1S/C27H22F5NO3.C25H18F5NO3/c1-2-35-26(34)18-10-17(13-33-14-18)21-4-3-5-22(21)23-11-19(27(30,31)32)7-9-25(23)36-15-16-6-8-20(28)12-24(16)29;26-18-6-4-14(22(27)10-18)13-34-23-7-5-17(25(28,29)30)9-21(23)20-3-1-2-19(20)15-8-16(24(32)33)12-31-11-15/h6-14H,2-5,15H2,1H3;4-12H,1-3,13H2,(H,32,33). The first kappa shape index (κ1) is 50.4. The molecule has 2 aliphatic carbocycles. The van der Waals surface area contributed by atoms with Crippen LogP contribution in [0.3, 0.4) is 0 Å². The van der Waals surface area contributed by atoms with Crippen LogP contribution in [0.2, 0.25) is 0 Å². The molecule has 0 spiro atoms. The number of aromatic carboxylic acids is 1. The third-order valence-electron chi connectivity index (χ3n) is 11.4. The van der Waals surface area contributed by atoms with Gasteiger partial charge in [0.2, 0.25) is 0 Å². The van der Waals surface area contributed by atoms with Crippen molar-refractivity contribution in [1.29, 1.82) is 0 Å². The van der Waals surface area contributed by atoms with Crippen LogP contribution in [0.15, 0.2) is 110 Å². The molecule has 6 aromatic rings. The summed E-state index contributed by atoms with van der Waals surface area (Å²) in [4.78, 5) is 31.6. The number of aromatic nitrogens is 2. The van der Waals surface area contributed by atoms with E-state index < -0.39 is 58.7 Å². The molecule has 2 aromatic heterocycles. The molecule has 18 heteroatoms. The maximum Gasteiger partial charge on any atom is 0.416 e. The third-order valence-corrected chi connectivity index (χ3v) is 11.4. The Morgan fingerprint density at radius 2 is 0.986 bits per heavy atom. The molecule has 0 saturated carbocycles. The van der Waals surface area contributed by atoms with Crippen molar-refractivity contribution in [3.63, 3.8) is 0 Å². The Morgan fingerprint density at radius 1 is 0.557 bits per heavy atom. The van der Waals surface area contributed by atoms with Crippen LogP contribution in [-0.4, -0.2) is 33.6 Å². The predicted molar refractivity (Wildman–Crippen MR) is 237 cm³/mol. The summed E-state index contributed by atoms with van der Waals surface area (Å²) in [6.45, 7) is 1.26. The molecular weight excluding hydrogens is 939 g/mol. The summed E-state index contributed by atoms with van der Waals surface area (Å²) < 4.78 is 152. The number of allylic oxidation sites excluding steroid dienone is 4. The van der Waals surface area contributed by atoms with Gasteiger partial charge in [0.15, 0.2) is 0 Å². The van der Waals surface area contributed by atoms with Crippen LogP contribution in [0.25, 0.3) is 22.3 Å². The number of esters is 1. The number of pyridine rings is 2. The van der Waals surface area contributed by atoms with E-state index in [1.165, 1.54) is 48.9 Å². The minimum atomic E-state index is -4.60. The Balaban J connectivity index is 0.000000207. The van der Waals surface area contributed by atoms with Gasteiger partial charge in [-0.15, -0.1) is 0 Å². The molecule has 0 saturated heterocycles. The van der Waals surface area contributed by atoms with E-state index in [0.29, 0.717) is 78.5 Å². The van der Waals surface area contributed by atoms with Gasteiger partial charge >= 0.3 is 24.3 Å². The number of carbonyl (C=O) groups is 2. The van der Waals surface area contributed by atoms with Gasteiger partial charge in [-0.05, 0) is 152 Å². The predicted octanol–water partition coefficient (Wildman–Crippen LogP) is 14.0. The number of rotatable bonds is 13. The maximum atomic E-state index is 14.1. The zero-order chi connectivity index (χ0) is 50.3. The lowest BCUT2D eigenvalue weighted by molar-refractivity contribution is -0.138. The fourth-order valence-corrected chi connectivity index (χ4v) is 8.10. The van der Waals surface area contributed by atoms with Gasteiger partial charge in [0.1, 0.15) is 48.0 Å². The molecular formula is C52H40F10N2O6. The van der Waals surface area contributed by atoms with Crippen LogP contribution in [0, 0.1) is 23.3 Å².